The molecule has 0 saturated heterocycles. The standard InChI is InChI=1S/C21H20N2O3S/c1-23-8-7-14-9-13(5-6-17(14)23)16-12-27-22-20(16)15-10-18(24-2)21(26-4)19(11-15)25-3/h5-12H,1-4H3. The molecular formula is C21H20N2O3S. The molecule has 0 atom stereocenters. The first-order valence-electron chi connectivity index (χ1n) is 8.46. The van der Waals surface area contributed by atoms with Crippen LogP contribution in [0.2, 0.25) is 0 Å². The number of hydrogen-bond acceptors (Lipinski definition) is 5. The second-order valence-corrected chi connectivity index (χ2v) is 6.82. The molecule has 6 heteroatoms. The van der Waals surface area contributed by atoms with Crippen molar-refractivity contribution in [3.8, 4) is 39.6 Å². The SMILES string of the molecule is COc1cc(-c2nscc2-c2ccc3c(ccn3C)c2)cc(OC)c1OC. The molecule has 4 aromatic rings. The third kappa shape index (κ3) is 2.92. The van der Waals surface area contributed by atoms with E-state index in [0.717, 1.165) is 22.4 Å². The Morgan fingerprint density at radius 2 is 1.63 bits per heavy atom. The Balaban J connectivity index is 1.86. The minimum atomic E-state index is 0.575. The lowest BCUT2D eigenvalue weighted by atomic mass is 10.00. The first-order chi connectivity index (χ1) is 13.2. The lowest BCUT2D eigenvalue weighted by molar-refractivity contribution is 0.324. The second-order valence-electron chi connectivity index (χ2n) is 6.19. The van der Waals surface area contributed by atoms with Gasteiger partial charge in [-0.2, -0.15) is 4.37 Å². The summed E-state index contributed by atoms with van der Waals surface area (Å²) in [7, 11) is 6.89. The first kappa shape index (κ1) is 17.4. The van der Waals surface area contributed by atoms with Gasteiger partial charge in [-0.25, -0.2) is 0 Å². The number of aromatic nitrogens is 2. The molecule has 0 fully saturated rings. The Morgan fingerprint density at radius 3 is 2.30 bits per heavy atom. The molecule has 0 aliphatic carbocycles. The number of benzene rings is 2. The van der Waals surface area contributed by atoms with Gasteiger partial charge in [-0.05, 0) is 47.4 Å². The van der Waals surface area contributed by atoms with Gasteiger partial charge in [0.2, 0.25) is 5.75 Å². The fourth-order valence-electron chi connectivity index (χ4n) is 3.32. The highest BCUT2D eigenvalue weighted by Gasteiger charge is 2.18. The molecular weight excluding hydrogens is 360 g/mol. The monoisotopic (exact) mass is 380 g/mol. The molecule has 4 rings (SSSR count). The largest absolute Gasteiger partial charge is 0.493 e. The quantitative estimate of drug-likeness (QED) is 0.489. The third-order valence-corrected chi connectivity index (χ3v) is 5.33. The number of ether oxygens (including phenoxy) is 3. The summed E-state index contributed by atoms with van der Waals surface area (Å²) in [6.07, 6.45) is 2.07. The molecule has 2 aromatic heterocycles. The molecule has 5 nitrogen and oxygen atoms in total. The maximum Gasteiger partial charge on any atom is 0.203 e. The summed E-state index contributed by atoms with van der Waals surface area (Å²) in [5.41, 5.74) is 5.24. The summed E-state index contributed by atoms with van der Waals surface area (Å²) >= 11 is 1.44. The summed E-state index contributed by atoms with van der Waals surface area (Å²) in [6, 6.07) is 12.5. The van der Waals surface area contributed by atoms with Gasteiger partial charge in [0.15, 0.2) is 11.5 Å². The van der Waals surface area contributed by atoms with E-state index in [1.807, 2.05) is 12.1 Å². The molecule has 0 saturated carbocycles. The fraction of sp³-hybridized carbons (Fsp3) is 0.190. The zero-order valence-electron chi connectivity index (χ0n) is 15.6. The van der Waals surface area contributed by atoms with Crippen molar-refractivity contribution in [1.29, 1.82) is 0 Å². The smallest absolute Gasteiger partial charge is 0.203 e. The van der Waals surface area contributed by atoms with Crippen molar-refractivity contribution in [1.82, 2.24) is 8.94 Å². The molecule has 0 N–H and O–H groups in total. The Kier molecular flexibility index (Phi) is 4.49. The number of aryl methyl sites for hydroxylation is 1. The molecule has 2 heterocycles. The predicted octanol–water partition coefficient (Wildman–Crippen LogP) is 4.99. The van der Waals surface area contributed by atoms with Crippen LogP contribution in [0.25, 0.3) is 33.3 Å². The van der Waals surface area contributed by atoms with Gasteiger partial charge in [-0.15, -0.1) is 0 Å². The number of methoxy groups -OCH3 is 3. The van der Waals surface area contributed by atoms with Crippen LogP contribution >= 0.6 is 11.5 Å². The topological polar surface area (TPSA) is 45.5 Å². The molecule has 27 heavy (non-hydrogen) atoms. The first-order valence-corrected chi connectivity index (χ1v) is 9.30. The second kappa shape index (κ2) is 6.96. The third-order valence-electron chi connectivity index (χ3n) is 4.70. The van der Waals surface area contributed by atoms with Crippen LogP contribution in [-0.2, 0) is 7.05 Å². The van der Waals surface area contributed by atoms with E-state index in [4.69, 9.17) is 14.2 Å². The van der Waals surface area contributed by atoms with Crippen LogP contribution in [0, 0.1) is 0 Å². The van der Waals surface area contributed by atoms with E-state index in [1.54, 1.807) is 21.3 Å². The van der Waals surface area contributed by atoms with Crippen LogP contribution < -0.4 is 14.2 Å². The Labute approximate surface area is 161 Å². The Bertz CT molecular complexity index is 1090. The highest BCUT2D eigenvalue weighted by molar-refractivity contribution is 7.04. The minimum Gasteiger partial charge on any atom is -0.493 e. The van der Waals surface area contributed by atoms with E-state index in [9.17, 15) is 0 Å². The molecule has 0 spiro atoms. The van der Waals surface area contributed by atoms with Gasteiger partial charge >= 0.3 is 0 Å². The number of hydrogen-bond donors (Lipinski definition) is 0. The van der Waals surface area contributed by atoms with Gasteiger partial charge in [0, 0.05) is 40.7 Å². The lowest BCUT2D eigenvalue weighted by Crippen LogP contribution is -1.96. The zero-order chi connectivity index (χ0) is 19.0. The summed E-state index contributed by atoms with van der Waals surface area (Å²) in [6.45, 7) is 0. The van der Waals surface area contributed by atoms with Crippen molar-refractivity contribution >= 4 is 22.4 Å². The van der Waals surface area contributed by atoms with E-state index < -0.39 is 0 Å². The van der Waals surface area contributed by atoms with Crippen LogP contribution in [0.5, 0.6) is 17.2 Å². The van der Waals surface area contributed by atoms with Gasteiger partial charge in [0.1, 0.15) is 0 Å². The molecule has 0 radical (unpaired) electrons. The highest BCUT2D eigenvalue weighted by Crippen LogP contribution is 2.43. The number of fused-ring (bicyclic) bond motifs is 1. The number of nitrogens with zero attached hydrogens (tertiary/aromatic N) is 2. The summed E-state index contributed by atoms with van der Waals surface area (Å²) < 4.78 is 23.2. The lowest BCUT2D eigenvalue weighted by Gasteiger charge is -2.14. The predicted molar refractivity (Wildman–Crippen MR) is 109 cm³/mol. The number of rotatable bonds is 5. The highest BCUT2D eigenvalue weighted by atomic mass is 32.1. The van der Waals surface area contributed by atoms with Crippen molar-refractivity contribution in [2.24, 2.45) is 7.05 Å². The maximum atomic E-state index is 5.49. The van der Waals surface area contributed by atoms with Crippen molar-refractivity contribution in [3.63, 3.8) is 0 Å². The minimum absolute atomic E-state index is 0.575. The van der Waals surface area contributed by atoms with Crippen molar-refractivity contribution in [2.75, 3.05) is 21.3 Å². The molecule has 0 amide bonds. The Hall–Kier alpha value is -2.99. The van der Waals surface area contributed by atoms with E-state index in [-0.39, 0.29) is 0 Å². The average molecular weight is 380 g/mol. The zero-order valence-corrected chi connectivity index (χ0v) is 16.5. The average Bonchev–Trinajstić information content (AvgIpc) is 3.33. The van der Waals surface area contributed by atoms with E-state index >= 15 is 0 Å². The maximum absolute atomic E-state index is 5.49. The molecule has 0 bridgehead atoms. The van der Waals surface area contributed by atoms with Crippen molar-refractivity contribution in [2.45, 2.75) is 0 Å². The summed E-state index contributed by atoms with van der Waals surface area (Å²) in [4.78, 5) is 0. The Morgan fingerprint density at radius 1 is 0.889 bits per heavy atom. The summed E-state index contributed by atoms with van der Waals surface area (Å²) in [5, 5.41) is 3.28. The van der Waals surface area contributed by atoms with Gasteiger partial charge in [0.25, 0.3) is 0 Å². The van der Waals surface area contributed by atoms with Gasteiger partial charge in [0.05, 0.1) is 27.0 Å². The van der Waals surface area contributed by atoms with Gasteiger partial charge < -0.3 is 18.8 Å². The van der Waals surface area contributed by atoms with Crippen LogP contribution in [0.4, 0.5) is 0 Å². The normalized spacial score (nSPS) is 11.0. The van der Waals surface area contributed by atoms with E-state index in [1.165, 1.54) is 22.4 Å². The summed E-state index contributed by atoms with van der Waals surface area (Å²) in [5.74, 6) is 1.81. The molecule has 138 valence electrons. The molecule has 0 unspecified atom stereocenters. The molecule has 2 aromatic carbocycles. The van der Waals surface area contributed by atoms with Crippen LogP contribution in [0.15, 0.2) is 48.0 Å². The van der Waals surface area contributed by atoms with Gasteiger partial charge in [-0.1, -0.05) is 6.07 Å². The van der Waals surface area contributed by atoms with E-state index in [2.05, 4.69) is 51.8 Å². The van der Waals surface area contributed by atoms with Crippen molar-refractivity contribution in [3.05, 3.63) is 48.0 Å². The van der Waals surface area contributed by atoms with Gasteiger partial charge in [-0.3, -0.25) is 0 Å². The van der Waals surface area contributed by atoms with Crippen LogP contribution in [0.3, 0.4) is 0 Å². The van der Waals surface area contributed by atoms with Crippen molar-refractivity contribution < 1.29 is 14.2 Å². The van der Waals surface area contributed by atoms with Crippen LogP contribution in [-0.4, -0.2) is 30.3 Å². The molecule has 0 aliphatic rings. The fourth-order valence-corrected chi connectivity index (χ4v) is 4.03. The van der Waals surface area contributed by atoms with Crippen LogP contribution in [0.1, 0.15) is 0 Å². The molecule has 0 aliphatic heterocycles. The van der Waals surface area contributed by atoms with E-state index in [0.29, 0.717) is 17.2 Å².